The lowest BCUT2D eigenvalue weighted by atomic mass is 9.82. The van der Waals surface area contributed by atoms with Crippen molar-refractivity contribution in [2.45, 2.75) is 59.3 Å². The van der Waals surface area contributed by atoms with Gasteiger partial charge in [-0.3, -0.25) is 0 Å². The molecule has 1 nitrogen and oxygen atoms in total. The van der Waals surface area contributed by atoms with Gasteiger partial charge in [-0.05, 0) is 36.5 Å². The van der Waals surface area contributed by atoms with Crippen molar-refractivity contribution in [2.75, 3.05) is 11.9 Å². The Morgan fingerprint density at radius 1 is 1.05 bits per heavy atom. The zero-order valence-corrected chi connectivity index (χ0v) is 15.0. The third-order valence-electron chi connectivity index (χ3n) is 3.94. The van der Waals surface area contributed by atoms with Crippen LogP contribution in [0, 0.1) is 5.41 Å². The SMILES string of the molecule is CCCC(CBr)(CCC)COc1ccc(C(C)C)cc1. The summed E-state index contributed by atoms with van der Waals surface area (Å²) in [5.74, 6) is 1.57. The smallest absolute Gasteiger partial charge is 0.119 e. The zero-order valence-electron chi connectivity index (χ0n) is 13.4. The van der Waals surface area contributed by atoms with Crippen molar-refractivity contribution in [3.8, 4) is 5.75 Å². The molecule has 0 fully saturated rings. The lowest BCUT2D eigenvalue weighted by Crippen LogP contribution is -2.30. The van der Waals surface area contributed by atoms with Crippen molar-refractivity contribution in [1.29, 1.82) is 0 Å². The highest BCUT2D eigenvalue weighted by molar-refractivity contribution is 9.09. The van der Waals surface area contributed by atoms with Gasteiger partial charge >= 0.3 is 0 Å². The van der Waals surface area contributed by atoms with Crippen LogP contribution in [0.5, 0.6) is 5.75 Å². The number of benzene rings is 1. The number of ether oxygens (including phenoxy) is 1. The summed E-state index contributed by atoms with van der Waals surface area (Å²) in [7, 11) is 0. The van der Waals surface area contributed by atoms with E-state index in [1.807, 2.05) is 0 Å². The highest BCUT2D eigenvalue weighted by Gasteiger charge is 2.28. The minimum Gasteiger partial charge on any atom is -0.493 e. The second-order valence-electron chi connectivity index (χ2n) is 6.15. The van der Waals surface area contributed by atoms with Gasteiger partial charge in [0.15, 0.2) is 0 Å². The van der Waals surface area contributed by atoms with Gasteiger partial charge in [0.1, 0.15) is 5.75 Å². The molecule has 0 heterocycles. The molecule has 1 aromatic carbocycles. The van der Waals surface area contributed by atoms with Gasteiger partial charge in [0.05, 0.1) is 6.61 Å². The van der Waals surface area contributed by atoms with Crippen LogP contribution in [0.3, 0.4) is 0 Å². The molecule has 114 valence electrons. The molecule has 0 saturated carbocycles. The molecule has 0 aliphatic heterocycles. The summed E-state index contributed by atoms with van der Waals surface area (Å²) >= 11 is 3.70. The Morgan fingerprint density at radius 3 is 2.00 bits per heavy atom. The average molecular weight is 341 g/mol. The minimum atomic E-state index is 0.278. The van der Waals surface area contributed by atoms with Crippen LogP contribution in [0.15, 0.2) is 24.3 Å². The van der Waals surface area contributed by atoms with E-state index in [1.54, 1.807) is 0 Å². The van der Waals surface area contributed by atoms with E-state index in [4.69, 9.17) is 4.74 Å². The number of hydrogen-bond donors (Lipinski definition) is 0. The van der Waals surface area contributed by atoms with Crippen molar-refractivity contribution >= 4 is 15.9 Å². The molecular weight excluding hydrogens is 312 g/mol. The summed E-state index contributed by atoms with van der Waals surface area (Å²) in [4.78, 5) is 0. The lowest BCUT2D eigenvalue weighted by Gasteiger charge is -2.31. The topological polar surface area (TPSA) is 9.23 Å². The van der Waals surface area contributed by atoms with Gasteiger partial charge in [-0.2, -0.15) is 0 Å². The highest BCUT2D eigenvalue weighted by Crippen LogP contribution is 2.33. The Hall–Kier alpha value is -0.500. The summed E-state index contributed by atoms with van der Waals surface area (Å²) in [6, 6.07) is 8.56. The third-order valence-corrected chi connectivity index (χ3v) is 5.13. The van der Waals surface area contributed by atoms with E-state index in [-0.39, 0.29) is 5.41 Å². The fourth-order valence-corrected chi connectivity index (χ4v) is 3.41. The van der Waals surface area contributed by atoms with Gasteiger partial charge in [-0.1, -0.05) is 68.6 Å². The number of halogens is 1. The van der Waals surface area contributed by atoms with Crippen molar-refractivity contribution in [3.05, 3.63) is 29.8 Å². The molecule has 0 saturated heterocycles. The van der Waals surface area contributed by atoms with Crippen molar-refractivity contribution in [1.82, 2.24) is 0 Å². The summed E-state index contributed by atoms with van der Waals surface area (Å²) in [6.07, 6.45) is 4.86. The Kier molecular flexibility index (Phi) is 7.65. The molecule has 0 bridgehead atoms. The Labute approximate surface area is 133 Å². The van der Waals surface area contributed by atoms with E-state index in [0.29, 0.717) is 5.92 Å². The van der Waals surface area contributed by atoms with Crippen molar-refractivity contribution < 1.29 is 4.74 Å². The molecular formula is C18H29BrO. The first-order chi connectivity index (χ1) is 9.56. The minimum absolute atomic E-state index is 0.278. The fraction of sp³-hybridized carbons (Fsp3) is 0.667. The maximum atomic E-state index is 6.07. The first-order valence-electron chi connectivity index (χ1n) is 7.85. The van der Waals surface area contributed by atoms with Crippen LogP contribution in [-0.4, -0.2) is 11.9 Å². The maximum Gasteiger partial charge on any atom is 0.119 e. The third kappa shape index (κ3) is 5.12. The maximum absolute atomic E-state index is 6.07. The largest absolute Gasteiger partial charge is 0.493 e. The second-order valence-corrected chi connectivity index (χ2v) is 6.71. The monoisotopic (exact) mass is 340 g/mol. The van der Waals surface area contributed by atoms with Gasteiger partial charge < -0.3 is 4.74 Å². The fourth-order valence-electron chi connectivity index (χ4n) is 2.69. The molecule has 1 aromatic rings. The number of hydrogen-bond acceptors (Lipinski definition) is 1. The molecule has 0 aromatic heterocycles. The van der Waals surface area contributed by atoms with Gasteiger partial charge in [0.2, 0.25) is 0 Å². The van der Waals surface area contributed by atoms with Gasteiger partial charge in [0, 0.05) is 10.7 Å². The van der Waals surface area contributed by atoms with Gasteiger partial charge in [0.25, 0.3) is 0 Å². The average Bonchev–Trinajstić information content (AvgIpc) is 2.45. The summed E-state index contributed by atoms with van der Waals surface area (Å²) in [5, 5.41) is 1.02. The Bertz CT molecular complexity index is 364. The summed E-state index contributed by atoms with van der Waals surface area (Å²) < 4.78 is 6.07. The predicted molar refractivity (Wildman–Crippen MR) is 92.1 cm³/mol. The van der Waals surface area contributed by atoms with Gasteiger partial charge in [-0.15, -0.1) is 0 Å². The van der Waals surface area contributed by atoms with Crippen LogP contribution in [0.2, 0.25) is 0 Å². The Morgan fingerprint density at radius 2 is 1.60 bits per heavy atom. The molecule has 0 radical (unpaired) electrons. The first kappa shape index (κ1) is 17.6. The second kappa shape index (κ2) is 8.71. The zero-order chi connectivity index (χ0) is 15.0. The summed E-state index contributed by atoms with van der Waals surface area (Å²) in [6.45, 7) is 9.75. The van der Waals surface area contributed by atoms with Gasteiger partial charge in [-0.25, -0.2) is 0 Å². The molecule has 0 unspecified atom stereocenters. The van der Waals surface area contributed by atoms with Crippen LogP contribution in [0.1, 0.15) is 64.9 Å². The Balaban J connectivity index is 2.66. The molecule has 0 atom stereocenters. The standard InChI is InChI=1S/C18H29BrO/c1-5-11-18(13-19,12-6-2)14-20-17-9-7-16(8-10-17)15(3)4/h7-10,15H,5-6,11-14H2,1-4H3. The van der Waals surface area contributed by atoms with Crippen LogP contribution >= 0.6 is 15.9 Å². The van der Waals surface area contributed by atoms with Crippen molar-refractivity contribution in [2.24, 2.45) is 5.41 Å². The van der Waals surface area contributed by atoms with E-state index >= 15 is 0 Å². The molecule has 1 rings (SSSR count). The van der Waals surface area contributed by atoms with Crippen LogP contribution in [-0.2, 0) is 0 Å². The lowest BCUT2D eigenvalue weighted by molar-refractivity contribution is 0.144. The molecule has 0 N–H and O–H groups in total. The number of rotatable bonds is 9. The van der Waals surface area contributed by atoms with E-state index < -0.39 is 0 Å². The molecule has 0 aliphatic rings. The summed E-state index contributed by atoms with van der Waals surface area (Å²) in [5.41, 5.74) is 1.64. The van der Waals surface area contributed by atoms with Crippen LogP contribution in [0.4, 0.5) is 0 Å². The van der Waals surface area contributed by atoms with E-state index in [0.717, 1.165) is 17.7 Å². The van der Waals surface area contributed by atoms with Crippen LogP contribution < -0.4 is 4.74 Å². The normalized spacial score (nSPS) is 11.9. The number of alkyl halides is 1. The first-order valence-corrected chi connectivity index (χ1v) is 8.97. The van der Waals surface area contributed by atoms with E-state index in [2.05, 4.69) is 67.9 Å². The molecule has 0 aliphatic carbocycles. The van der Waals surface area contributed by atoms with Crippen LogP contribution in [0.25, 0.3) is 0 Å². The molecule has 0 amide bonds. The molecule has 2 heteroatoms. The molecule has 0 spiro atoms. The van der Waals surface area contributed by atoms with E-state index in [1.165, 1.54) is 31.2 Å². The van der Waals surface area contributed by atoms with Crippen molar-refractivity contribution in [3.63, 3.8) is 0 Å². The quantitative estimate of drug-likeness (QED) is 0.488. The highest BCUT2D eigenvalue weighted by atomic mass is 79.9. The van der Waals surface area contributed by atoms with E-state index in [9.17, 15) is 0 Å². The molecule has 20 heavy (non-hydrogen) atoms. The predicted octanol–water partition coefficient (Wildman–Crippen LogP) is 6.17.